The Bertz CT molecular complexity index is 527. The molecule has 0 amide bonds. The molecule has 0 saturated carbocycles. The number of aliphatic hydroxyl groups is 1. The molecule has 0 fully saturated rings. The van der Waals surface area contributed by atoms with Gasteiger partial charge in [0.05, 0.1) is 17.0 Å². The maximum atomic E-state index is 12.0. The van der Waals surface area contributed by atoms with Crippen LogP contribution < -0.4 is 0 Å². The van der Waals surface area contributed by atoms with Crippen LogP contribution in [-0.2, 0) is 6.61 Å². The average Bonchev–Trinajstić information content (AvgIpc) is 2.77. The molecule has 0 saturated heterocycles. The minimum atomic E-state index is -0.227. The maximum absolute atomic E-state index is 12.0. The lowest BCUT2D eigenvalue weighted by molar-refractivity contribution is 0.104. The SMILES string of the molecule is O=C(c1cc(CO)cs1)c1cncnc1Cl. The third-order valence-electron chi connectivity index (χ3n) is 1.97. The fourth-order valence-electron chi connectivity index (χ4n) is 1.18. The number of hydrogen-bond acceptors (Lipinski definition) is 5. The highest BCUT2D eigenvalue weighted by Crippen LogP contribution is 2.21. The van der Waals surface area contributed by atoms with Crippen LogP contribution in [0.2, 0.25) is 5.15 Å². The van der Waals surface area contributed by atoms with Gasteiger partial charge in [-0.2, -0.15) is 0 Å². The van der Waals surface area contributed by atoms with E-state index in [0.29, 0.717) is 10.4 Å². The van der Waals surface area contributed by atoms with Crippen LogP contribution in [-0.4, -0.2) is 20.9 Å². The minimum Gasteiger partial charge on any atom is -0.392 e. The summed E-state index contributed by atoms with van der Waals surface area (Å²) >= 11 is 7.06. The number of aliphatic hydroxyl groups excluding tert-OH is 1. The second-order valence-corrected chi connectivity index (χ2v) is 4.30. The maximum Gasteiger partial charge on any atom is 0.207 e. The second-order valence-electron chi connectivity index (χ2n) is 3.03. The van der Waals surface area contributed by atoms with E-state index in [4.69, 9.17) is 16.7 Å². The highest BCUT2D eigenvalue weighted by Gasteiger charge is 2.15. The van der Waals surface area contributed by atoms with Crippen molar-refractivity contribution >= 4 is 28.7 Å². The Balaban J connectivity index is 2.35. The van der Waals surface area contributed by atoms with Gasteiger partial charge in [-0.15, -0.1) is 11.3 Å². The fourth-order valence-corrected chi connectivity index (χ4v) is 2.21. The fraction of sp³-hybridized carbons (Fsp3) is 0.100. The standard InChI is InChI=1S/C10H7ClN2O2S/c11-10-7(2-12-5-13-10)9(15)8-1-6(3-14)4-16-8/h1-2,4-5,14H,3H2. The van der Waals surface area contributed by atoms with Gasteiger partial charge in [-0.05, 0) is 17.0 Å². The van der Waals surface area contributed by atoms with Crippen LogP contribution in [0.4, 0.5) is 0 Å². The smallest absolute Gasteiger partial charge is 0.207 e. The predicted molar refractivity (Wildman–Crippen MR) is 60.7 cm³/mol. The van der Waals surface area contributed by atoms with E-state index in [1.54, 1.807) is 11.4 Å². The zero-order chi connectivity index (χ0) is 11.5. The third-order valence-corrected chi connectivity index (χ3v) is 3.25. The van der Waals surface area contributed by atoms with E-state index < -0.39 is 0 Å². The Morgan fingerprint density at radius 2 is 2.38 bits per heavy atom. The molecule has 0 aliphatic rings. The number of carbonyl (C=O) groups excluding carboxylic acids is 1. The lowest BCUT2D eigenvalue weighted by Gasteiger charge is -1.98. The number of nitrogens with zero attached hydrogens (tertiary/aromatic N) is 2. The summed E-state index contributed by atoms with van der Waals surface area (Å²) in [5.74, 6) is -0.227. The molecule has 0 aliphatic carbocycles. The number of halogens is 1. The first-order valence-electron chi connectivity index (χ1n) is 4.41. The van der Waals surface area contributed by atoms with E-state index in [-0.39, 0.29) is 23.1 Å². The quantitative estimate of drug-likeness (QED) is 0.671. The summed E-state index contributed by atoms with van der Waals surface area (Å²) in [6.07, 6.45) is 2.67. The number of aromatic nitrogens is 2. The summed E-state index contributed by atoms with van der Waals surface area (Å²) < 4.78 is 0. The highest BCUT2D eigenvalue weighted by atomic mass is 35.5. The second kappa shape index (κ2) is 4.69. The van der Waals surface area contributed by atoms with Crippen molar-refractivity contribution in [1.82, 2.24) is 9.97 Å². The molecular weight excluding hydrogens is 248 g/mol. The van der Waals surface area contributed by atoms with Crippen molar-refractivity contribution in [2.45, 2.75) is 6.61 Å². The van der Waals surface area contributed by atoms with Gasteiger partial charge < -0.3 is 5.11 Å². The Morgan fingerprint density at radius 1 is 1.56 bits per heavy atom. The normalized spacial score (nSPS) is 10.4. The molecule has 1 N–H and O–H groups in total. The number of rotatable bonds is 3. The number of thiophene rings is 1. The lowest BCUT2D eigenvalue weighted by Crippen LogP contribution is -2.01. The summed E-state index contributed by atoms with van der Waals surface area (Å²) in [5.41, 5.74) is 0.983. The molecule has 16 heavy (non-hydrogen) atoms. The van der Waals surface area contributed by atoms with Crippen LogP contribution in [0.15, 0.2) is 24.0 Å². The van der Waals surface area contributed by atoms with Gasteiger partial charge in [0.2, 0.25) is 5.78 Å². The van der Waals surface area contributed by atoms with Gasteiger partial charge in [-0.1, -0.05) is 11.6 Å². The van der Waals surface area contributed by atoms with Gasteiger partial charge in [0.15, 0.2) is 0 Å². The van der Waals surface area contributed by atoms with Crippen LogP contribution in [0.1, 0.15) is 20.8 Å². The van der Waals surface area contributed by atoms with E-state index in [1.165, 1.54) is 23.9 Å². The van der Waals surface area contributed by atoms with Crippen LogP contribution in [0.5, 0.6) is 0 Å². The van der Waals surface area contributed by atoms with Crippen molar-refractivity contribution in [3.05, 3.63) is 45.1 Å². The van der Waals surface area contributed by atoms with Crippen molar-refractivity contribution < 1.29 is 9.90 Å². The minimum absolute atomic E-state index is 0.0806. The van der Waals surface area contributed by atoms with E-state index in [0.717, 1.165) is 0 Å². The Morgan fingerprint density at radius 3 is 3.00 bits per heavy atom. The van der Waals surface area contributed by atoms with E-state index in [1.807, 2.05) is 0 Å². The lowest BCUT2D eigenvalue weighted by atomic mass is 10.2. The van der Waals surface area contributed by atoms with Gasteiger partial charge in [0, 0.05) is 6.20 Å². The van der Waals surface area contributed by atoms with Crippen LogP contribution in [0, 0.1) is 0 Å². The summed E-state index contributed by atoms with van der Waals surface area (Å²) in [6.45, 7) is -0.0806. The van der Waals surface area contributed by atoms with Crippen molar-refractivity contribution in [2.24, 2.45) is 0 Å². The number of carbonyl (C=O) groups is 1. The third kappa shape index (κ3) is 2.11. The van der Waals surface area contributed by atoms with Crippen LogP contribution in [0.3, 0.4) is 0 Å². The summed E-state index contributed by atoms with van der Waals surface area (Å²) in [4.78, 5) is 20.0. The molecule has 0 radical (unpaired) electrons. The van der Waals surface area contributed by atoms with E-state index in [2.05, 4.69) is 9.97 Å². The molecule has 0 spiro atoms. The molecule has 82 valence electrons. The molecular formula is C10H7ClN2O2S. The Labute approximate surface area is 101 Å². The number of ketones is 1. The van der Waals surface area contributed by atoms with Gasteiger partial charge in [0.25, 0.3) is 0 Å². The first kappa shape index (κ1) is 11.2. The molecule has 6 heteroatoms. The van der Waals surface area contributed by atoms with Gasteiger partial charge in [-0.25, -0.2) is 9.97 Å². The summed E-state index contributed by atoms with van der Waals surface area (Å²) in [5, 5.41) is 10.8. The van der Waals surface area contributed by atoms with Gasteiger partial charge >= 0.3 is 0 Å². The van der Waals surface area contributed by atoms with Crippen molar-refractivity contribution in [2.75, 3.05) is 0 Å². The summed E-state index contributed by atoms with van der Waals surface area (Å²) in [7, 11) is 0. The molecule has 2 aromatic rings. The molecule has 0 aliphatic heterocycles. The highest BCUT2D eigenvalue weighted by molar-refractivity contribution is 7.12. The van der Waals surface area contributed by atoms with Gasteiger partial charge in [0.1, 0.15) is 11.5 Å². The van der Waals surface area contributed by atoms with Crippen molar-refractivity contribution in [3.63, 3.8) is 0 Å². The Hall–Kier alpha value is -1.30. The summed E-state index contributed by atoms with van der Waals surface area (Å²) in [6, 6.07) is 1.64. The molecule has 0 unspecified atom stereocenters. The molecule has 4 nitrogen and oxygen atoms in total. The molecule has 0 aromatic carbocycles. The van der Waals surface area contributed by atoms with Crippen LogP contribution in [0.25, 0.3) is 0 Å². The van der Waals surface area contributed by atoms with E-state index >= 15 is 0 Å². The topological polar surface area (TPSA) is 63.1 Å². The molecule has 0 bridgehead atoms. The average molecular weight is 255 g/mol. The monoisotopic (exact) mass is 254 g/mol. The zero-order valence-electron chi connectivity index (χ0n) is 8.05. The first-order valence-corrected chi connectivity index (χ1v) is 5.66. The van der Waals surface area contributed by atoms with Crippen molar-refractivity contribution in [3.8, 4) is 0 Å². The predicted octanol–water partition coefficient (Wildman–Crippen LogP) is 1.91. The molecule has 2 rings (SSSR count). The first-order chi connectivity index (χ1) is 7.72. The number of hydrogen-bond donors (Lipinski definition) is 1. The molecule has 2 aromatic heterocycles. The van der Waals surface area contributed by atoms with Crippen LogP contribution >= 0.6 is 22.9 Å². The largest absolute Gasteiger partial charge is 0.392 e. The van der Waals surface area contributed by atoms with E-state index in [9.17, 15) is 4.79 Å². The van der Waals surface area contributed by atoms with Gasteiger partial charge in [-0.3, -0.25) is 4.79 Å². The van der Waals surface area contributed by atoms with Crippen molar-refractivity contribution in [1.29, 1.82) is 0 Å². The zero-order valence-corrected chi connectivity index (χ0v) is 9.63. The molecule has 0 atom stereocenters. The Kier molecular flexibility index (Phi) is 3.28. The molecule has 2 heterocycles.